The van der Waals surface area contributed by atoms with Gasteiger partial charge in [-0.3, -0.25) is 0 Å². The maximum Gasteiger partial charge on any atom is 0.330 e. The van der Waals surface area contributed by atoms with Gasteiger partial charge in [-0.1, -0.05) is 18.2 Å². The lowest BCUT2D eigenvalue weighted by Gasteiger charge is -2.00. The monoisotopic (exact) mass is 208 g/mol. The molecular weight excluding hydrogens is 196 g/mol. The first kappa shape index (κ1) is 10.9. The molecule has 0 aliphatic heterocycles. The minimum absolute atomic E-state index is 0.332. The van der Waals surface area contributed by atoms with Gasteiger partial charge in [0.2, 0.25) is 0 Å². The summed E-state index contributed by atoms with van der Waals surface area (Å²) in [5, 5.41) is 0. The Kier molecular flexibility index (Phi) is 4.26. The maximum absolute atomic E-state index is 10.9. The molecule has 0 aromatic heterocycles. The molecule has 0 heterocycles. The van der Waals surface area contributed by atoms with E-state index in [9.17, 15) is 4.79 Å². The van der Waals surface area contributed by atoms with Crippen molar-refractivity contribution in [3.63, 3.8) is 0 Å². The molecule has 0 aliphatic carbocycles. The van der Waals surface area contributed by atoms with Crippen LogP contribution in [0.5, 0.6) is 0 Å². The minimum Gasteiger partial charge on any atom is -0.466 e. The van der Waals surface area contributed by atoms with Gasteiger partial charge in [-0.05, 0) is 24.0 Å². The molecule has 1 aromatic carbocycles. The lowest BCUT2D eigenvalue weighted by molar-refractivity contribution is -0.134. The zero-order chi connectivity index (χ0) is 10.4. The maximum atomic E-state index is 10.9. The van der Waals surface area contributed by atoms with Crippen molar-refractivity contribution >= 4 is 23.8 Å². The van der Waals surface area contributed by atoms with Crippen molar-refractivity contribution < 1.29 is 9.53 Å². The summed E-state index contributed by atoms with van der Waals surface area (Å²) in [6, 6.07) is 7.89. The third-order valence-corrected chi connectivity index (χ3v) is 2.55. The van der Waals surface area contributed by atoms with Gasteiger partial charge in [0.1, 0.15) is 0 Å². The number of thioether (sulfide) groups is 1. The SMILES string of the molecule is COC(=O)/C=C/c1ccccc1SC. The largest absolute Gasteiger partial charge is 0.466 e. The van der Waals surface area contributed by atoms with Crippen LogP contribution in [0.25, 0.3) is 6.08 Å². The van der Waals surface area contributed by atoms with E-state index in [4.69, 9.17) is 0 Å². The number of rotatable bonds is 3. The van der Waals surface area contributed by atoms with Crippen molar-refractivity contribution in [2.75, 3.05) is 13.4 Å². The molecule has 0 atom stereocenters. The van der Waals surface area contributed by atoms with Crippen LogP contribution in [0.1, 0.15) is 5.56 Å². The number of carbonyl (C=O) groups is 1. The molecule has 0 radical (unpaired) electrons. The summed E-state index contributed by atoms with van der Waals surface area (Å²) < 4.78 is 4.51. The summed E-state index contributed by atoms with van der Waals surface area (Å²) >= 11 is 1.65. The normalized spacial score (nSPS) is 10.4. The molecule has 2 nitrogen and oxygen atoms in total. The Labute approximate surface area is 88.0 Å². The summed E-state index contributed by atoms with van der Waals surface area (Å²) in [6.07, 6.45) is 5.19. The number of esters is 1. The predicted molar refractivity (Wildman–Crippen MR) is 59.3 cm³/mol. The topological polar surface area (TPSA) is 26.3 Å². The van der Waals surface area contributed by atoms with Crippen LogP contribution in [0.4, 0.5) is 0 Å². The Bertz CT molecular complexity index is 345. The van der Waals surface area contributed by atoms with Crippen molar-refractivity contribution in [3.05, 3.63) is 35.9 Å². The molecule has 14 heavy (non-hydrogen) atoms. The fourth-order valence-corrected chi connectivity index (χ4v) is 1.62. The van der Waals surface area contributed by atoms with Crippen LogP contribution in [-0.4, -0.2) is 19.3 Å². The molecular formula is C11H12O2S. The highest BCUT2D eigenvalue weighted by molar-refractivity contribution is 7.98. The first-order valence-corrected chi connectivity index (χ1v) is 5.39. The first-order valence-electron chi connectivity index (χ1n) is 4.17. The smallest absolute Gasteiger partial charge is 0.330 e. The molecule has 0 spiro atoms. The van der Waals surface area contributed by atoms with Gasteiger partial charge in [-0.15, -0.1) is 11.8 Å². The second-order valence-corrected chi connectivity index (χ2v) is 3.45. The fourth-order valence-electron chi connectivity index (χ4n) is 1.03. The lowest BCUT2D eigenvalue weighted by Crippen LogP contribution is -1.93. The third kappa shape index (κ3) is 2.92. The van der Waals surface area contributed by atoms with Crippen molar-refractivity contribution in [1.82, 2.24) is 0 Å². The number of methoxy groups -OCH3 is 1. The van der Waals surface area contributed by atoms with Gasteiger partial charge in [0.25, 0.3) is 0 Å². The van der Waals surface area contributed by atoms with Crippen LogP contribution >= 0.6 is 11.8 Å². The summed E-state index contributed by atoms with van der Waals surface area (Å²) in [5.41, 5.74) is 1.03. The zero-order valence-corrected chi connectivity index (χ0v) is 9.01. The Morgan fingerprint density at radius 3 is 2.79 bits per heavy atom. The van der Waals surface area contributed by atoms with Crippen LogP contribution in [0.3, 0.4) is 0 Å². The van der Waals surface area contributed by atoms with Gasteiger partial charge in [-0.25, -0.2) is 4.79 Å². The quantitative estimate of drug-likeness (QED) is 0.434. The van der Waals surface area contributed by atoms with Crippen LogP contribution in [0, 0.1) is 0 Å². The molecule has 0 fully saturated rings. The van der Waals surface area contributed by atoms with Gasteiger partial charge in [-0.2, -0.15) is 0 Å². The molecule has 1 rings (SSSR count). The van der Waals surface area contributed by atoms with Gasteiger partial charge < -0.3 is 4.74 Å². The van der Waals surface area contributed by atoms with E-state index in [1.807, 2.05) is 30.5 Å². The van der Waals surface area contributed by atoms with E-state index in [-0.39, 0.29) is 5.97 Å². The van der Waals surface area contributed by atoms with Crippen LogP contribution < -0.4 is 0 Å². The number of hydrogen-bond acceptors (Lipinski definition) is 3. The summed E-state index contributed by atoms with van der Waals surface area (Å²) in [4.78, 5) is 12.0. The number of benzene rings is 1. The van der Waals surface area contributed by atoms with Crippen molar-refractivity contribution in [3.8, 4) is 0 Å². The molecule has 0 amide bonds. The highest BCUT2D eigenvalue weighted by atomic mass is 32.2. The summed E-state index contributed by atoms with van der Waals surface area (Å²) in [5.74, 6) is -0.332. The number of ether oxygens (including phenoxy) is 1. The molecule has 1 aromatic rings. The van der Waals surface area contributed by atoms with Gasteiger partial charge >= 0.3 is 5.97 Å². The second-order valence-electron chi connectivity index (χ2n) is 2.60. The summed E-state index contributed by atoms with van der Waals surface area (Å²) in [6.45, 7) is 0. The predicted octanol–water partition coefficient (Wildman–Crippen LogP) is 2.59. The number of carbonyl (C=O) groups excluding carboxylic acids is 1. The molecule has 74 valence electrons. The average molecular weight is 208 g/mol. The van der Waals surface area contributed by atoms with Crippen LogP contribution in [0.15, 0.2) is 35.2 Å². The standard InChI is InChI=1S/C11H12O2S/c1-13-11(12)8-7-9-5-3-4-6-10(9)14-2/h3-8H,1-2H3/b8-7+. The molecule has 0 bridgehead atoms. The van der Waals surface area contributed by atoms with E-state index in [1.165, 1.54) is 13.2 Å². The van der Waals surface area contributed by atoms with Crippen LogP contribution in [0.2, 0.25) is 0 Å². The first-order chi connectivity index (χ1) is 6.77. The Morgan fingerprint density at radius 2 is 2.14 bits per heavy atom. The van der Waals surface area contributed by atoms with Crippen LogP contribution in [-0.2, 0) is 9.53 Å². The van der Waals surface area contributed by atoms with Gasteiger partial charge in [0, 0.05) is 11.0 Å². The highest BCUT2D eigenvalue weighted by Gasteiger charge is 1.97. The third-order valence-electron chi connectivity index (χ3n) is 1.74. The Morgan fingerprint density at radius 1 is 1.43 bits per heavy atom. The highest BCUT2D eigenvalue weighted by Crippen LogP contribution is 2.20. The summed E-state index contributed by atoms with van der Waals surface area (Å²) in [7, 11) is 1.37. The Balaban J connectivity index is 2.85. The lowest BCUT2D eigenvalue weighted by atomic mass is 10.2. The average Bonchev–Trinajstić information content (AvgIpc) is 2.26. The minimum atomic E-state index is -0.332. The van der Waals surface area contributed by atoms with E-state index < -0.39 is 0 Å². The van der Waals surface area contributed by atoms with E-state index in [1.54, 1.807) is 17.8 Å². The molecule has 0 N–H and O–H groups in total. The van der Waals surface area contributed by atoms with E-state index in [0.29, 0.717) is 0 Å². The number of hydrogen-bond donors (Lipinski definition) is 0. The molecule has 0 unspecified atom stereocenters. The molecule has 3 heteroatoms. The van der Waals surface area contributed by atoms with E-state index in [2.05, 4.69) is 4.74 Å². The second kappa shape index (κ2) is 5.50. The molecule has 0 saturated carbocycles. The van der Waals surface area contributed by atoms with Crippen molar-refractivity contribution in [1.29, 1.82) is 0 Å². The molecule has 0 saturated heterocycles. The van der Waals surface area contributed by atoms with E-state index >= 15 is 0 Å². The Hall–Kier alpha value is -1.22. The van der Waals surface area contributed by atoms with E-state index in [0.717, 1.165) is 10.5 Å². The van der Waals surface area contributed by atoms with Gasteiger partial charge in [0.15, 0.2) is 0 Å². The molecule has 0 aliphatic rings. The zero-order valence-electron chi connectivity index (χ0n) is 8.19. The van der Waals surface area contributed by atoms with Crippen molar-refractivity contribution in [2.45, 2.75) is 4.90 Å². The van der Waals surface area contributed by atoms with Crippen molar-refractivity contribution in [2.24, 2.45) is 0 Å². The fraction of sp³-hybridized carbons (Fsp3) is 0.182. The van der Waals surface area contributed by atoms with Gasteiger partial charge in [0.05, 0.1) is 7.11 Å².